The number of aromatic nitrogens is 1. The van der Waals surface area contributed by atoms with Crippen LogP contribution in [-0.4, -0.2) is 16.8 Å². The molecular formula is C37H35IrN3O-2. The molecule has 5 aromatic rings. The zero-order valence-corrected chi connectivity index (χ0v) is 26.8. The van der Waals surface area contributed by atoms with Gasteiger partial charge in [0, 0.05) is 43.4 Å². The van der Waals surface area contributed by atoms with E-state index in [9.17, 15) is 4.79 Å². The molecule has 0 bridgehead atoms. The third-order valence-corrected chi connectivity index (χ3v) is 7.86. The topological polar surface area (TPSA) is 47.3 Å². The molecule has 1 saturated carbocycles. The number of ketones is 1. The van der Waals surface area contributed by atoms with Crippen molar-refractivity contribution in [2.75, 3.05) is 4.90 Å². The Kier molecular flexibility index (Phi) is 9.21. The molecule has 0 unspecified atom stereocenters. The summed E-state index contributed by atoms with van der Waals surface area (Å²) < 4.78 is 0. The zero-order chi connectivity index (χ0) is 28.3. The Hall–Kier alpha value is -3.79. The van der Waals surface area contributed by atoms with Gasteiger partial charge in [-0.1, -0.05) is 98.5 Å². The molecule has 0 spiro atoms. The summed E-state index contributed by atoms with van der Waals surface area (Å²) in [7, 11) is 0. The molecule has 215 valence electrons. The quantitative estimate of drug-likeness (QED) is 0.134. The Bertz CT molecular complexity index is 1760. The number of allylic oxidation sites excluding steroid dienone is 2. The maximum atomic E-state index is 10.8. The van der Waals surface area contributed by atoms with Crippen molar-refractivity contribution in [3.05, 3.63) is 114 Å². The molecule has 7 rings (SSSR count). The van der Waals surface area contributed by atoms with Gasteiger partial charge in [-0.15, -0.1) is 23.6 Å². The van der Waals surface area contributed by atoms with Crippen molar-refractivity contribution in [3.8, 4) is 11.3 Å². The maximum absolute atomic E-state index is 10.8. The van der Waals surface area contributed by atoms with Crippen LogP contribution in [0.2, 0.25) is 0 Å². The van der Waals surface area contributed by atoms with Crippen molar-refractivity contribution in [1.29, 1.82) is 0 Å². The van der Waals surface area contributed by atoms with Crippen molar-refractivity contribution in [1.82, 2.24) is 4.98 Å². The van der Waals surface area contributed by atoms with Gasteiger partial charge < -0.3 is 10.2 Å². The number of pyridine rings is 1. The van der Waals surface area contributed by atoms with Crippen LogP contribution in [0.3, 0.4) is 0 Å². The van der Waals surface area contributed by atoms with Gasteiger partial charge in [-0.25, -0.2) is 0 Å². The smallest absolute Gasteiger partial charge is 0.151 e. The van der Waals surface area contributed by atoms with Gasteiger partial charge in [0.1, 0.15) is 0 Å². The summed E-state index contributed by atoms with van der Waals surface area (Å²) in [6.07, 6.45) is 9.86. The summed E-state index contributed by atoms with van der Waals surface area (Å²) in [5, 5.41) is 9.22. The molecule has 1 aromatic heterocycles. The van der Waals surface area contributed by atoms with Gasteiger partial charge >= 0.3 is 0 Å². The number of para-hydroxylation sites is 1. The van der Waals surface area contributed by atoms with E-state index in [-0.39, 0.29) is 25.9 Å². The van der Waals surface area contributed by atoms with Crippen molar-refractivity contribution in [2.24, 2.45) is 0 Å². The Balaban J connectivity index is 0.000000215. The van der Waals surface area contributed by atoms with Crippen LogP contribution in [-0.2, 0) is 24.9 Å². The minimum atomic E-state index is 0. The van der Waals surface area contributed by atoms with E-state index in [4.69, 9.17) is 4.98 Å². The average Bonchev–Trinajstić information content (AvgIpc) is 2.97. The molecule has 1 aliphatic heterocycles. The molecule has 2 heterocycles. The number of carbonyl (C=O) groups excluding carboxylic acids is 1. The summed E-state index contributed by atoms with van der Waals surface area (Å²) >= 11 is 0. The largest absolute Gasteiger partial charge is 0.685 e. The molecule has 0 saturated heterocycles. The molecule has 2 aliphatic rings. The van der Waals surface area contributed by atoms with E-state index < -0.39 is 0 Å². The van der Waals surface area contributed by atoms with Crippen LogP contribution in [0.4, 0.5) is 17.1 Å². The first-order valence-electron chi connectivity index (χ1n) is 14.6. The van der Waals surface area contributed by atoms with Crippen LogP contribution in [0.1, 0.15) is 51.5 Å². The van der Waals surface area contributed by atoms with Gasteiger partial charge in [0.25, 0.3) is 0 Å². The van der Waals surface area contributed by atoms with E-state index in [0.717, 1.165) is 33.7 Å². The van der Waals surface area contributed by atoms with Crippen LogP contribution in [0.5, 0.6) is 0 Å². The van der Waals surface area contributed by atoms with Crippen LogP contribution in [0, 0.1) is 13.0 Å². The van der Waals surface area contributed by atoms with Crippen LogP contribution in [0.25, 0.3) is 38.1 Å². The van der Waals surface area contributed by atoms with Gasteiger partial charge in [0.2, 0.25) is 0 Å². The number of rotatable bonds is 4. The van der Waals surface area contributed by atoms with E-state index >= 15 is 0 Å². The van der Waals surface area contributed by atoms with E-state index in [0.29, 0.717) is 6.04 Å². The summed E-state index contributed by atoms with van der Waals surface area (Å²) in [6, 6.07) is 32.0. The van der Waals surface area contributed by atoms with E-state index in [1.54, 1.807) is 13.0 Å². The molecule has 4 aromatic carbocycles. The normalized spacial score (nSPS) is 14.5. The second kappa shape index (κ2) is 13.0. The van der Waals surface area contributed by atoms with Crippen LogP contribution in [0.15, 0.2) is 96.8 Å². The monoisotopic (exact) mass is 730 g/mol. The fourth-order valence-corrected chi connectivity index (χ4v) is 6.13. The van der Waals surface area contributed by atoms with Gasteiger partial charge in [0.05, 0.1) is 0 Å². The molecule has 4 nitrogen and oxygen atoms in total. The van der Waals surface area contributed by atoms with E-state index in [2.05, 4.69) is 102 Å². The number of anilines is 3. The first-order chi connectivity index (χ1) is 20.0. The molecule has 42 heavy (non-hydrogen) atoms. The minimum Gasteiger partial charge on any atom is -0.685 e. The third-order valence-electron chi connectivity index (χ3n) is 7.86. The number of benzene rings is 4. The number of fused-ring (bicyclic) bond motifs is 3. The number of hydrogen-bond acceptors (Lipinski definition) is 3. The number of aryl methyl sites for hydroxylation is 1. The van der Waals surface area contributed by atoms with Crippen molar-refractivity contribution in [2.45, 2.75) is 58.9 Å². The summed E-state index contributed by atoms with van der Waals surface area (Å²) in [6.45, 7) is 5.64. The maximum Gasteiger partial charge on any atom is 0.151 e. The number of hydrogen-bond donors (Lipinski definition) is 0. The predicted molar refractivity (Wildman–Crippen MR) is 171 cm³/mol. The molecule has 1 fully saturated rings. The first kappa shape index (κ1) is 29.7. The molecule has 0 N–H and O–H groups in total. The molecular weight excluding hydrogens is 695 g/mol. The second-order valence-electron chi connectivity index (χ2n) is 11.1. The number of carbonyl (C=O) groups is 1. The Morgan fingerprint density at radius 1 is 0.905 bits per heavy atom. The van der Waals surface area contributed by atoms with Gasteiger partial charge in [-0.05, 0) is 66.2 Å². The standard InChI is InChI=1S/C26H17N2.C11H19NO.Ir/c1-17-13-20-11-12-27-26-22-15-18-7-5-6-8-19(18)16-23(22)28(24(14-17)25(20)26)21-9-3-2-4-10-21;1-9(8-10(2)13)12-11-6-4-3-5-7-11;/h2-14,16H,1H3;8,11H,3-7H2,1-2H3,(H,12,13);/q-1;;/p-1. The SMILES string of the molecule is CC(=O)/C=C(/C)[N-]C1CCCCC1.Cc1cc2c3c(nccc3c1)-c1[c-]c3ccccc3cc1N2c1ccccc1.[Ir]. The average molecular weight is 730 g/mol. The zero-order valence-electron chi connectivity index (χ0n) is 24.4. The van der Waals surface area contributed by atoms with Gasteiger partial charge in [0.15, 0.2) is 5.78 Å². The van der Waals surface area contributed by atoms with Crippen molar-refractivity contribution >= 4 is 44.4 Å². The minimum absolute atomic E-state index is 0. The van der Waals surface area contributed by atoms with E-state index in [1.165, 1.54) is 59.5 Å². The summed E-state index contributed by atoms with van der Waals surface area (Å²) in [5.41, 5.74) is 7.66. The molecule has 5 heteroatoms. The fraction of sp³-hybridized carbons (Fsp3) is 0.243. The second-order valence-corrected chi connectivity index (χ2v) is 11.1. The Morgan fingerprint density at radius 2 is 1.64 bits per heavy atom. The molecule has 0 atom stereocenters. The summed E-state index contributed by atoms with van der Waals surface area (Å²) in [4.78, 5) is 17.9. The molecule has 1 aliphatic carbocycles. The van der Waals surface area contributed by atoms with E-state index in [1.807, 2.05) is 13.1 Å². The summed E-state index contributed by atoms with van der Waals surface area (Å²) in [5.74, 6) is 0.0945. The molecule has 0 amide bonds. The molecule has 1 radical (unpaired) electrons. The van der Waals surface area contributed by atoms with Gasteiger partial charge in [-0.3, -0.25) is 9.78 Å². The van der Waals surface area contributed by atoms with Gasteiger partial charge in [-0.2, -0.15) is 5.70 Å². The Labute approximate surface area is 262 Å². The number of nitrogens with zero attached hydrogens (tertiary/aromatic N) is 3. The first-order valence-corrected chi connectivity index (χ1v) is 14.6. The van der Waals surface area contributed by atoms with Crippen LogP contribution < -0.4 is 4.90 Å². The third kappa shape index (κ3) is 6.18. The predicted octanol–water partition coefficient (Wildman–Crippen LogP) is 10.1. The van der Waals surface area contributed by atoms with Crippen molar-refractivity contribution in [3.63, 3.8) is 0 Å². The van der Waals surface area contributed by atoms with Crippen LogP contribution >= 0.6 is 0 Å². The fourth-order valence-electron chi connectivity index (χ4n) is 6.13. The Morgan fingerprint density at radius 3 is 2.40 bits per heavy atom. The van der Waals surface area contributed by atoms with Crippen molar-refractivity contribution < 1.29 is 24.9 Å².